The number of carbonyl (C=O) groups is 1. The number of aliphatic hydroxyl groups is 1. The summed E-state index contributed by atoms with van der Waals surface area (Å²) in [6, 6.07) is 2.55. The number of hydrogen-bond donors (Lipinski definition) is 2. The van der Waals surface area contributed by atoms with Gasteiger partial charge in [0.1, 0.15) is 5.82 Å². The number of nitrogens with one attached hydrogen (secondary N) is 1. The fourth-order valence-electron chi connectivity index (χ4n) is 1.48. The van der Waals surface area contributed by atoms with E-state index in [-0.39, 0.29) is 16.5 Å². The van der Waals surface area contributed by atoms with E-state index in [1.165, 1.54) is 6.07 Å². The number of halogens is 2. The Kier molecular flexibility index (Phi) is 5.56. The van der Waals surface area contributed by atoms with Crippen LogP contribution in [-0.4, -0.2) is 23.7 Å². The summed E-state index contributed by atoms with van der Waals surface area (Å²) in [7, 11) is 0. The van der Waals surface area contributed by atoms with Crippen LogP contribution in [0.4, 0.5) is 4.39 Å². The summed E-state index contributed by atoms with van der Waals surface area (Å²) in [6.45, 7) is 3.80. The van der Waals surface area contributed by atoms with Gasteiger partial charge in [0, 0.05) is 6.54 Å². The lowest BCUT2D eigenvalue weighted by atomic mass is 10.1. The molecule has 1 rings (SSSR count). The van der Waals surface area contributed by atoms with Crippen LogP contribution in [0.3, 0.4) is 0 Å². The van der Waals surface area contributed by atoms with Gasteiger partial charge in [-0.15, -0.1) is 0 Å². The second kappa shape index (κ2) is 6.71. The molecule has 0 radical (unpaired) electrons. The highest BCUT2D eigenvalue weighted by molar-refractivity contribution is 6.33. The quantitative estimate of drug-likeness (QED) is 0.867. The maximum absolute atomic E-state index is 13.2. The van der Waals surface area contributed by atoms with Gasteiger partial charge in [0.25, 0.3) is 5.91 Å². The van der Waals surface area contributed by atoms with Gasteiger partial charge in [-0.05, 0) is 37.5 Å². The number of carbonyl (C=O) groups excluding carboxylic acids is 1. The zero-order valence-corrected chi connectivity index (χ0v) is 11.2. The van der Waals surface area contributed by atoms with Gasteiger partial charge in [0.15, 0.2) is 0 Å². The van der Waals surface area contributed by atoms with E-state index in [4.69, 9.17) is 11.6 Å². The van der Waals surface area contributed by atoms with Gasteiger partial charge in [-0.1, -0.05) is 18.5 Å². The Hall–Kier alpha value is -1.13. The van der Waals surface area contributed by atoms with Crippen molar-refractivity contribution < 1.29 is 14.3 Å². The Morgan fingerprint density at radius 2 is 2.22 bits per heavy atom. The van der Waals surface area contributed by atoms with Crippen molar-refractivity contribution in [2.45, 2.75) is 32.8 Å². The van der Waals surface area contributed by atoms with Gasteiger partial charge in [-0.3, -0.25) is 4.79 Å². The molecule has 0 heterocycles. The van der Waals surface area contributed by atoms with Crippen molar-refractivity contribution in [1.29, 1.82) is 0 Å². The van der Waals surface area contributed by atoms with E-state index < -0.39 is 11.9 Å². The molecule has 1 unspecified atom stereocenters. The van der Waals surface area contributed by atoms with Crippen LogP contribution in [0.2, 0.25) is 5.02 Å². The van der Waals surface area contributed by atoms with Crippen molar-refractivity contribution in [1.82, 2.24) is 5.32 Å². The van der Waals surface area contributed by atoms with Crippen LogP contribution in [0.5, 0.6) is 0 Å². The molecule has 0 saturated heterocycles. The standard InChI is InChI=1S/C13H17ClFNO2/c1-3-9(17)4-5-16-13(18)10-6-8(2)12(15)7-11(10)14/h6-7,9,17H,3-5H2,1-2H3,(H,16,18). The Bertz CT molecular complexity index is 437. The lowest BCUT2D eigenvalue weighted by molar-refractivity contribution is 0.0942. The van der Waals surface area contributed by atoms with Gasteiger partial charge in [0.05, 0.1) is 16.7 Å². The van der Waals surface area contributed by atoms with Crippen molar-refractivity contribution >= 4 is 17.5 Å². The van der Waals surface area contributed by atoms with Crippen LogP contribution >= 0.6 is 11.6 Å². The highest BCUT2D eigenvalue weighted by Crippen LogP contribution is 2.20. The maximum atomic E-state index is 13.2. The number of rotatable bonds is 5. The summed E-state index contributed by atoms with van der Waals surface area (Å²) in [5.41, 5.74) is 0.625. The molecule has 5 heteroatoms. The summed E-state index contributed by atoms with van der Waals surface area (Å²) < 4.78 is 13.2. The van der Waals surface area contributed by atoms with E-state index in [1.807, 2.05) is 6.92 Å². The molecular weight excluding hydrogens is 257 g/mol. The Labute approximate surface area is 111 Å². The van der Waals surface area contributed by atoms with Crippen molar-refractivity contribution in [3.8, 4) is 0 Å². The third-order valence-electron chi connectivity index (χ3n) is 2.73. The molecule has 100 valence electrons. The molecule has 0 aliphatic carbocycles. The Morgan fingerprint density at radius 3 is 2.83 bits per heavy atom. The molecule has 1 aromatic rings. The molecule has 18 heavy (non-hydrogen) atoms. The third-order valence-corrected chi connectivity index (χ3v) is 3.04. The smallest absolute Gasteiger partial charge is 0.252 e. The molecule has 0 fully saturated rings. The van der Waals surface area contributed by atoms with Crippen LogP contribution < -0.4 is 5.32 Å². The molecule has 0 saturated carbocycles. The molecule has 3 nitrogen and oxygen atoms in total. The predicted octanol–water partition coefficient (Wildman–Crippen LogP) is 2.68. The number of hydrogen-bond acceptors (Lipinski definition) is 2. The Balaban J connectivity index is 2.64. The van der Waals surface area contributed by atoms with Crippen LogP contribution in [0.1, 0.15) is 35.7 Å². The molecule has 1 atom stereocenters. The van der Waals surface area contributed by atoms with Crippen LogP contribution in [0.15, 0.2) is 12.1 Å². The van der Waals surface area contributed by atoms with Gasteiger partial charge in [-0.2, -0.15) is 0 Å². The summed E-state index contributed by atoms with van der Waals surface area (Å²) in [6.07, 6.45) is 0.711. The van der Waals surface area contributed by atoms with E-state index in [0.717, 1.165) is 6.07 Å². The zero-order valence-electron chi connectivity index (χ0n) is 10.5. The number of aliphatic hydroxyl groups excluding tert-OH is 1. The molecule has 0 aliphatic rings. The minimum absolute atomic E-state index is 0.0895. The zero-order chi connectivity index (χ0) is 13.7. The molecule has 0 aromatic heterocycles. The van der Waals surface area contributed by atoms with Crippen molar-refractivity contribution in [2.24, 2.45) is 0 Å². The fraction of sp³-hybridized carbons (Fsp3) is 0.462. The average Bonchev–Trinajstić information content (AvgIpc) is 2.33. The molecule has 1 amide bonds. The SMILES string of the molecule is CCC(O)CCNC(=O)c1cc(C)c(F)cc1Cl. The van der Waals surface area contributed by atoms with Gasteiger partial charge < -0.3 is 10.4 Å². The van der Waals surface area contributed by atoms with Gasteiger partial charge >= 0.3 is 0 Å². The summed E-state index contributed by atoms with van der Waals surface area (Å²) in [5.74, 6) is -0.788. The number of aryl methyl sites for hydroxylation is 1. The first-order valence-corrected chi connectivity index (χ1v) is 6.25. The van der Waals surface area contributed by atoms with E-state index in [9.17, 15) is 14.3 Å². The summed E-state index contributed by atoms with van der Waals surface area (Å²) >= 11 is 5.81. The normalized spacial score (nSPS) is 12.3. The second-order valence-electron chi connectivity index (χ2n) is 4.19. The monoisotopic (exact) mass is 273 g/mol. The summed E-state index contributed by atoms with van der Waals surface area (Å²) in [4.78, 5) is 11.8. The summed E-state index contributed by atoms with van der Waals surface area (Å²) in [5, 5.41) is 12.1. The molecule has 0 spiro atoms. The molecule has 0 aliphatic heterocycles. The van der Waals surface area contributed by atoms with Gasteiger partial charge in [-0.25, -0.2) is 4.39 Å². The van der Waals surface area contributed by atoms with E-state index in [2.05, 4.69) is 5.32 Å². The fourth-order valence-corrected chi connectivity index (χ4v) is 1.72. The van der Waals surface area contributed by atoms with Crippen LogP contribution in [0, 0.1) is 12.7 Å². The van der Waals surface area contributed by atoms with Crippen LogP contribution in [0.25, 0.3) is 0 Å². The molecule has 1 aromatic carbocycles. The van der Waals surface area contributed by atoms with E-state index in [0.29, 0.717) is 24.9 Å². The van der Waals surface area contributed by atoms with Crippen molar-refractivity contribution in [3.05, 3.63) is 34.1 Å². The van der Waals surface area contributed by atoms with Gasteiger partial charge in [0.2, 0.25) is 0 Å². The number of benzene rings is 1. The highest BCUT2D eigenvalue weighted by atomic mass is 35.5. The lowest BCUT2D eigenvalue weighted by Crippen LogP contribution is -2.27. The molecular formula is C13H17ClFNO2. The first kappa shape index (κ1) is 14.9. The van der Waals surface area contributed by atoms with E-state index >= 15 is 0 Å². The topological polar surface area (TPSA) is 49.3 Å². The molecule has 2 N–H and O–H groups in total. The molecule has 0 bridgehead atoms. The van der Waals surface area contributed by atoms with Crippen molar-refractivity contribution in [2.75, 3.05) is 6.54 Å². The minimum atomic E-state index is -0.432. The van der Waals surface area contributed by atoms with Crippen molar-refractivity contribution in [3.63, 3.8) is 0 Å². The second-order valence-corrected chi connectivity index (χ2v) is 4.60. The largest absolute Gasteiger partial charge is 0.393 e. The van der Waals surface area contributed by atoms with E-state index in [1.54, 1.807) is 6.92 Å². The van der Waals surface area contributed by atoms with Crippen LogP contribution in [-0.2, 0) is 0 Å². The lowest BCUT2D eigenvalue weighted by Gasteiger charge is -2.10. The first-order chi connectivity index (χ1) is 8.45. The highest BCUT2D eigenvalue weighted by Gasteiger charge is 2.13. The third kappa shape index (κ3) is 3.96. The average molecular weight is 274 g/mol. The first-order valence-electron chi connectivity index (χ1n) is 5.87. The Morgan fingerprint density at radius 1 is 1.56 bits per heavy atom. The predicted molar refractivity (Wildman–Crippen MR) is 69.4 cm³/mol. The minimum Gasteiger partial charge on any atom is -0.393 e. The maximum Gasteiger partial charge on any atom is 0.252 e. The number of amides is 1.